The molecule has 0 aromatic heterocycles. The summed E-state index contributed by atoms with van der Waals surface area (Å²) in [5.41, 5.74) is 2.72. The van der Waals surface area contributed by atoms with Gasteiger partial charge in [-0.15, -0.1) is 0 Å². The fraction of sp³-hybridized carbons (Fsp3) is 0.316. The van der Waals surface area contributed by atoms with Gasteiger partial charge in [0.25, 0.3) is 0 Å². The van der Waals surface area contributed by atoms with E-state index in [1.807, 2.05) is 6.34 Å². The van der Waals surface area contributed by atoms with E-state index in [1.165, 1.54) is 11.1 Å². The predicted octanol–water partition coefficient (Wildman–Crippen LogP) is 3.96. The lowest BCUT2D eigenvalue weighted by atomic mass is 9.82. The molecule has 108 valence electrons. The van der Waals surface area contributed by atoms with E-state index in [2.05, 4.69) is 79.8 Å². The molecule has 1 aliphatic rings. The van der Waals surface area contributed by atoms with E-state index in [0.717, 1.165) is 0 Å². The lowest BCUT2D eigenvalue weighted by molar-refractivity contribution is 0.420. The molecule has 1 aliphatic heterocycles. The van der Waals surface area contributed by atoms with Gasteiger partial charge in [0.05, 0.1) is 18.4 Å². The number of rotatable bonds is 4. The summed E-state index contributed by atoms with van der Waals surface area (Å²) in [6.45, 7) is 4.56. The Bertz CT molecular complexity index is 591. The van der Waals surface area contributed by atoms with Gasteiger partial charge >= 0.3 is 0 Å². The summed E-state index contributed by atoms with van der Waals surface area (Å²) in [6.07, 6.45) is 1.88. The van der Waals surface area contributed by atoms with Crippen LogP contribution in [-0.2, 0) is 0 Å². The molecule has 0 radical (unpaired) electrons. The summed E-state index contributed by atoms with van der Waals surface area (Å²) in [4.78, 5) is 4.70. The van der Waals surface area contributed by atoms with Gasteiger partial charge in [-0.2, -0.15) is 0 Å². The van der Waals surface area contributed by atoms with Crippen LogP contribution in [0.4, 0.5) is 0 Å². The molecule has 21 heavy (non-hydrogen) atoms. The minimum absolute atomic E-state index is 0.280. The van der Waals surface area contributed by atoms with Crippen molar-refractivity contribution in [2.45, 2.75) is 37.8 Å². The highest BCUT2D eigenvalue weighted by molar-refractivity contribution is 5.59. The van der Waals surface area contributed by atoms with Gasteiger partial charge in [-0.25, -0.2) is 0 Å². The molecule has 4 atom stereocenters. The Morgan fingerprint density at radius 2 is 1.33 bits per heavy atom. The van der Waals surface area contributed by atoms with Crippen molar-refractivity contribution in [3.63, 3.8) is 0 Å². The average molecular weight is 278 g/mol. The smallest absolute Gasteiger partial charge is 0.0831 e. The maximum atomic E-state index is 4.70. The zero-order chi connectivity index (χ0) is 14.7. The van der Waals surface area contributed by atoms with E-state index in [9.17, 15) is 0 Å². The first-order chi connectivity index (χ1) is 10.3. The summed E-state index contributed by atoms with van der Waals surface area (Å²) in [5.74, 6) is 0.846. The van der Waals surface area contributed by atoms with Crippen LogP contribution in [-0.4, -0.2) is 18.4 Å². The molecule has 1 heterocycles. The van der Waals surface area contributed by atoms with Gasteiger partial charge < -0.3 is 5.32 Å². The van der Waals surface area contributed by atoms with Crippen molar-refractivity contribution in [1.82, 2.24) is 5.32 Å². The van der Waals surface area contributed by atoms with Gasteiger partial charge in [0.1, 0.15) is 0 Å². The molecule has 0 amide bonds. The highest BCUT2D eigenvalue weighted by Gasteiger charge is 2.34. The van der Waals surface area contributed by atoms with Crippen LogP contribution in [0.15, 0.2) is 65.7 Å². The van der Waals surface area contributed by atoms with Crippen molar-refractivity contribution in [3.8, 4) is 0 Å². The molecule has 0 saturated heterocycles. The number of aliphatic imine (C=N–C) groups is 1. The first-order valence-corrected chi connectivity index (χ1v) is 7.65. The molecule has 2 heteroatoms. The molecule has 0 aliphatic carbocycles. The fourth-order valence-electron chi connectivity index (χ4n) is 3.20. The summed E-state index contributed by atoms with van der Waals surface area (Å²) in [6, 6.07) is 22.0. The van der Waals surface area contributed by atoms with E-state index in [4.69, 9.17) is 4.99 Å². The standard InChI is InChI=1S/C19H22N2/c1-14(16-9-5-3-6-10-16)18-19(21-13-20-18)15(2)17-11-7-4-8-12-17/h3-15,18-19H,1-2H3,(H,20,21)/t14?,15?,18-,19?/m1/s1. The Labute approximate surface area is 126 Å². The Balaban J connectivity index is 1.81. The molecule has 2 aromatic rings. The van der Waals surface area contributed by atoms with Crippen LogP contribution in [0.2, 0.25) is 0 Å². The minimum Gasteiger partial charge on any atom is -0.371 e. The molecule has 2 nitrogen and oxygen atoms in total. The molecule has 1 N–H and O–H groups in total. The first kappa shape index (κ1) is 13.9. The lowest BCUT2D eigenvalue weighted by Crippen LogP contribution is -2.39. The van der Waals surface area contributed by atoms with Crippen molar-refractivity contribution in [2.75, 3.05) is 0 Å². The van der Waals surface area contributed by atoms with Crippen LogP contribution < -0.4 is 5.32 Å². The topological polar surface area (TPSA) is 24.4 Å². The molecular weight excluding hydrogens is 256 g/mol. The van der Waals surface area contributed by atoms with Crippen LogP contribution in [0.5, 0.6) is 0 Å². The molecule has 3 rings (SSSR count). The van der Waals surface area contributed by atoms with Crippen molar-refractivity contribution in [3.05, 3.63) is 71.8 Å². The Kier molecular flexibility index (Phi) is 4.05. The zero-order valence-electron chi connectivity index (χ0n) is 12.6. The third-order valence-electron chi connectivity index (χ3n) is 4.58. The van der Waals surface area contributed by atoms with E-state index < -0.39 is 0 Å². The van der Waals surface area contributed by atoms with E-state index >= 15 is 0 Å². The molecule has 0 fully saturated rings. The van der Waals surface area contributed by atoms with Crippen LogP contribution in [0.25, 0.3) is 0 Å². The van der Waals surface area contributed by atoms with Crippen LogP contribution >= 0.6 is 0 Å². The summed E-state index contributed by atoms with van der Waals surface area (Å²) >= 11 is 0. The van der Waals surface area contributed by atoms with Crippen molar-refractivity contribution >= 4 is 6.34 Å². The second kappa shape index (κ2) is 6.13. The van der Waals surface area contributed by atoms with E-state index in [-0.39, 0.29) is 6.04 Å². The maximum absolute atomic E-state index is 4.70. The Hall–Kier alpha value is -2.09. The lowest BCUT2D eigenvalue weighted by Gasteiger charge is -2.29. The van der Waals surface area contributed by atoms with Crippen molar-refractivity contribution in [2.24, 2.45) is 4.99 Å². The van der Waals surface area contributed by atoms with Crippen LogP contribution in [0.3, 0.4) is 0 Å². The SMILES string of the molecule is CC(c1ccccc1)C1NC=N[C@@H]1C(C)c1ccccc1. The predicted molar refractivity (Wildman–Crippen MR) is 88.9 cm³/mol. The molecular formula is C19H22N2. The zero-order valence-corrected chi connectivity index (χ0v) is 12.6. The second-order valence-corrected chi connectivity index (χ2v) is 5.86. The second-order valence-electron chi connectivity index (χ2n) is 5.86. The molecule has 0 spiro atoms. The molecule has 0 bridgehead atoms. The van der Waals surface area contributed by atoms with Crippen LogP contribution in [0.1, 0.15) is 36.8 Å². The third-order valence-corrected chi connectivity index (χ3v) is 4.58. The quantitative estimate of drug-likeness (QED) is 0.899. The van der Waals surface area contributed by atoms with Crippen molar-refractivity contribution < 1.29 is 0 Å². The number of benzene rings is 2. The van der Waals surface area contributed by atoms with E-state index in [1.54, 1.807) is 0 Å². The largest absolute Gasteiger partial charge is 0.371 e. The highest BCUT2D eigenvalue weighted by Crippen LogP contribution is 2.32. The number of hydrogen-bond donors (Lipinski definition) is 1. The summed E-state index contributed by atoms with van der Waals surface area (Å²) < 4.78 is 0. The van der Waals surface area contributed by atoms with Gasteiger partial charge in [0.2, 0.25) is 0 Å². The van der Waals surface area contributed by atoms with Gasteiger partial charge in [-0.3, -0.25) is 4.99 Å². The number of nitrogens with zero attached hydrogens (tertiary/aromatic N) is 1. The highest BCUT2D eigenvalue weighted by atomic mass is 15.1. The summed E-state index contributed by atoms with van der Waals surface area (Å²) in [7, 11) is 0. The van der Waals surface area contributed by atoms with Gasteiger partial charge in [-0.1, -0.05) is 74.5 Å². The van der Waals surface area contributed by atoms with E-state index in [0.29, 0.717) is 17.9 Å². The first-order valence-electron chi connectivity index (χ1n) is 7.65. The normalized spacial score (nSPS) is 23.5. The Morgan fingerprint density at radius 1 is 0.810 bits per heavy atom. The van der Waals surface area contributed by atoms with Crippen molar-refractivity contribution in [1.29, 1.82) is 0 Å². The molecule has 3 unspecified atom stereocenters. The third kappa shape index (κ3) is 2.85. The van der Waals surface area contributed by atoms with Crippen LogP contribution in [0, 0.1) is 0 Å². The number of nitrogens with one attached hydrogen (secondary N) is 1. The Morgan fingerprint density at radius 3 is 1.90 bits per heavy atom. The van der Waals surface area contributed by atoms with Gasteiger partial charge in [0.15, 0.2) is 0 Å². The van der Waals surface area contributed by atoms with Gasteiger partial charge in [-0.05, 0) is 11.1 Å². The van der Waals surface area contributed by atoms with Gasteiger partial charge in [0, 0.05) is 11.8 Å². The summed E-state index contributed by atoms with van der Waals surface area (Å²) in [5, 5.41) is 3.46. The molecule has 0 saturated carbocycles. The fourth-order valence-corrected chi connectivity index (χ4v) is 3.20. The molecule has 2 aromatic carbocycles. The monoisotopic (exact) mass is 278 g/mol. The maximum Gasteiger partial charge on any atom is 0.0831 e. The minimum atomic E-state index is 0.280. The number of hydrogen-bond acceptors (Lipinski definition) is 2. The average Bonchev–Trinajstić information content (AvgIpc) is 3.04.